The molecule has 1 aromatic rings. The fourth-order valence-electron chi connectivity index (χ4n) is 2.97. The third kappa shape index (κ3) is 5.99. The summed E-state index contributed by atoms with van der Waals surface area (Å²) < 4.78 is 5.97. The number of nitrogens with one attached hydrogen (secondary N) is 1. The van der Waals surface area contributed by atoms with Gasteiger partial charge in [-0.1, -0.05) is 40.5 Å². The van der Waals surface area contributed by atoms with Crippen molar-refractivity contribution in [3.8, 4) is 5.75 Å². The number of rotatable bonds is 10. The Morgan fingerprint density at radius 1 is 0.952 bits per heavy atom. The van der Waals surface area contributed by atoms with Crippen molar-refractivity contribution in [1.82, 2.24) is 0 Å². The molecule has 0 aliphatic rings. The van der Waals surface area contributed by atoms with E-state index in [9.17, 15) is 0 Å². The number of anilines is 1. The zero-order valence-electron chi connectivity index (χ0n) is 14.5. The van der Waals surface area contributed by atoms with Gasteiger partial charge in [-0.3, -0.25) is 0 Å². The Balaban J connectivity index is 2.68. The summed E-state index contributed by atoms with van der Waals surface area (Å²) in [7, 11) is 0. The number of ether oxygens (including phenoxy) is 1. The SMILES string of the molecule is CCCC(C)(CCC)Nc1ccc(OC(CC)CC)cc1. The molecule has 0 bridgehead atoms. The molecule has 1 rings (SSSR count). The third-order valence-corrected chi connectivity index (χ3v) is 4.12. The lowest BCUT2D eigenvalue weighted by Crippen LogP contribution is -2.34. The molecule has 2 heteroatoms. The van der Waals surface area contributed by atoms with Crippen LogP contribution in [0.25, 0.3) is 0 Å². The van der Waals surface area contributed by atoms with E-state index >= 15 is 0 Å². The third-order valence-electron chi connectivity index (χ3n) is 4.12. The van der Waals surface area contributed by atoms with E-state index in [2.05, 4.69) is 64.2 Å². The molecule has 120 valence electrons. The van der Waals surface area contributed by atoms with Gasteiger partial charge in [-0.25, -0.2) is 0 Å². The molecule has 1 N–H and O–H groups in total. The second-order valence-electron chi connectivity index (χ2n) is 6.27. The highest BCUT2D eigenvalue weighted by Gasteiger charge is 2.21. The van der Waals surface area contributed by atoms with Crippen LogP contribution < -0.4 is 10.1 Å². The molecule has 0 spiro atoms. The maximum absolute atomic E-state index is 5.97. The van der Waals surface area contributed by atoms with Crippen LogP contribution in [0.3, 0.4) is 0 Å². The summed E-state index contributed by atoms with van der Waals surface area (Å²) >= 11 is 0. The summed E-state index contributed by atoms with van der Waals surface area (Å²) in [6.45, 7) is 11.2. The van der Waals surface area contributed by atoms with Crippen LogP contribution in [0.5, 0.6) is 5.75 Å². The Bertz CT molecular complexity index is 375. The standard InChI is InChI=1S/C19H33NO/c1-6-14-19(5,15-7-2)20-16-10-12-18(13-11-16)21-17(8-3)9-4/h10-13,17,20H,6-9,14-15H2,1-5H3. The molecule has 0 fully saturated rings. The molecule has 21 heavy (non-hydrogen) atoms. The van der Waals surface area contributed by atoms with E-state index < -0.39 is 0 Å². The molecule has 2 nitrogen and oxygen atoms in total. The van der Waals surface area contributed by atoms with Crippen LogP contribution in [-0.4, -0.2) is 11.6 Å². The Morgan fingerprint density at radius 2 is 1.48 bits per heavy atom. The van der Waals surface area contributed by atoms with Crippen LogP contribution >= 0.6 is 0 Å². The quantitative estimate of drug-likeness (QED) is 0.568. The van der Waals surface area contributed by atoms with Gasteiger partial charge in [-0.2, -0.15) is 0 Å². The van der Waals surface area contributed by atoms with Crippen molar-refractivity contribution in [3.63, 3.8) is 0 Å². The molecule has 1 aromatic carbocycles. The molecule has 0 heterocycles. The molecule has 0 unspecified atom stereocenters. The average molecular weight is 291 g/mol. The highest BCUT2D eigenvalue weighted by atomic mass is 16.5. The van der Waals surface area contributed by atoms with Crippen molar-refractivity contribution in [2.45, 2.75) is 84.8 Å². The Kier molecular flexibility index (Phi) is 7.63. The normalized spacial score (nSPS) is 11.7. The number of benzene rings is 1. The molecule has 0 amide bonds. The van der Waals surface area contributed by atoms with Gasteiger partial charge in [0.25, 0.3) is 0 Å². The van der Waals surface area contributed by atoms with Crippen LogP contribution in [-0.2, 0) is 0 Å². The highest BCUT2D eigenvalue weighted by Crippen LogP contribution is 2.26. The van der Waals surface area contributed by atoms with Crippen molar-refractivity contribution in [3.05, 3.63) is 24.3 Å². The first-order valence-electron chi connectivity index (χ1n) is 8.61. The first-order chi connectivity index (χ1) is 10.1. The number of hydrogen-bond donors (Lipinski definition) is 1. The topological polar surface area (TPSA) is 21.3 Å². The van der Waals surface area contributed by atoms with Gasteiger partial charge in [0.2, 0.25) is 0 Å². The molecule has 0 radical (unpaired) electrons. The van der Waals surface area contributed by atoms with Crippen molar-refractivity contribution in [1.29, 1.82) is 0 Å². The Morgan fingerprint density at radius 3 is 1.90 bits per heavy atom. The fraction of sp³-hybridized carbons (Fsp3) is 0.684. The van der Waals surface area contributed by atoms with Gasteiger partial charge in [0.15, 0.2) is 0 Å². The Hall–Kier alpha value is -1.18. The molecular weight excluding hydrogens is 258 g/mol. The maximum atomic E-state index is 5.97. The smallest absolute Gasteiger partial charge is 0.119 e. The lowest BCUT2D eigenvalue weighted by molar-refractivity contribution is 0.193. The van der Waals surface area contributed by atoms with Gasteiger partial charge in [0.05, 0.1) is 6.10 Å². The van der Waals surface area contributed by atoms with Crippen molar-refractivity contribution >= 4 is 5.69 Å². The van der Waals surface area contributed by atoms with Crippen molar-refractivity contribution in [2.75, 3.05) is 5.32 Å². The lowest BCUT2D eigenvalue weighted by atomic mass is 9.90. The molecule has 0 atom stereocenters. The molecular formula is C19H33NO. The summed E-state index contributed by atoms with van der Waals surface area (Å²) in [6.07, 6.45) is 7.26. The predicted molar refractivity (Wildman–Crippen MR) is 93.3 cm³/mol. The monoisotopic (exact) mass is 291 g/mol. The van der Waals surface area contributed by atoms with E-state index in [4.69, 9.17) is 4.74 Å². The molecule has 0 saturated heterocycles. The second-order valence-corrected chi connectivity index (χ2v) is 6.27. The first kappa shape index (κ1) is 17.9. The zero-order chi connectivity index (χ0) is 15.7. The largest absolute Gasteiger partial charge is 0.490 e. The van der Waals surface area contributed by atoms with Gasteiger partial charge >= 0.3 is 0 Å². The van der Waals surface area contributed by atoms with Crippen molar-refractivity contribution in [2.24, 2.45) is 0 Å². The summed E-state index contributed by atoms with van der Waals surface area (Å²) in [5.74, 6) is 0.974. The van der Waals surface area contributed by atoms with E-state index in [0.717, 1.165) is 18.6 Å². The van der Waals surface area contributed by atoms with Crippen LogP contribution in [0.2, 0.25) is 0 Å². The van der Waals surface area contributed by atoms with E-state index in [0.29, 0.717) is 6.10 Å². The van der Waals surface area contributed by atoms with E-state index in [1.165, 1.54) is 31.4 Å². The molecule has 0 aromatic heterocycles. The highest BCUT2D eigenvalue weighted by molar-refractivity contribution is 5.48. The van der Waals surface area contributed by atoms with E-state index in [1.54, 1.807) is 0 Å². The fourth-order valence-corrected chi connectivity index (χ4v) is 2.97. The van der Waals surface area contributed by atoms with Crippen molar-refractivity contribution < 1.29 is 4.74 Å². The van der Waals surface area contributed by atoms with Crippen LogP contribution in [0.4, 0.5) is 5.69 Å². The predicted octanol–water partition coefficient (Wildman–Crippen LogP) is 6.02. The van der Waals surface area contributed by atoms with Gasteiger partial charge in [0.1, 0.15) is 5.75 Å². The van der Waals surface area contributed by atoms with Gasteiger partial charge < -0.3 is 10.1 Å². The van der Waals surface area contributed by atoms with E-state index in [1.807, 2.05) is 0 Å². The molecule has 0 aliphatic heterocycles. The summed E-state index contributed by atoms with van der Waals surface area (Å²) in [5.41, 5.74) is 1.39. The minimum absolute atomic E-state index is 0.196. The van der Waals surface area contributed by atoms with E-state index in [-0.39, 0.29) is 5.54 Å². The summed E-state index contributed by atoms with van der Waals surface area (Å²) in [6, 6.07) is 8.44. The van der Waals surface area contributed by atoms with Gasteiger partial charge in [0, 0.05) is 11.2 Å². The van der Waals surface area contributed by atoms with Crippen LogP contribution in [0.15, 0.2) is 24.3 Å². The van der Waals surface area contributed by atoms with Gasteiger partial charge in [-0.15, -0.1) is 0 Å². The second kappa shape index (κ2) is 8.96. The maximum Gasteiger partial charge on any atom is 0.119 e. The summed E-state index contributed by atoms with van der Waals surface area (Å²) in [5, 5.41) is 3.71. The lowest BCUT2D eigenvalue weighted by Gasteiger charge is -2.31. The minimum atomic E-state index is 0.196. The Labute approximate surface area is 131 Å². The van der Waals surface area contributed by atoms with Crippen LogP contribution in [0, 0.1) is 0 Å². The minimum Gasteiger partial charge on any atom is -0.490 e. The van der Waals surface area contributed by atoms with Gasteiger partial charge in [-0.05, 0) is 56.9 Å². The number of hydrogen-bond acceptors (Lipinski definition) is 2. The molecule has 0 aliphatic carbocycles. The molecule has 0 saturated carbocycles. The first-order valence-corrected chi connectivity index (χ1v) is 8.61. The zero-order valence-corrected chi connectivity index (χ0v) is 14.5. The van der Waals surface area contributed by atoms with Crippen LogP contribution in [0.1, 0.15) is 73.1 Å². The summed E-state index contributed by atoms with van der Waals surface area (Å²) in [4.78, 5) is 0. The average Bonchev–Trinajstić information content (AvgIpc) is 2.47.